The van der Waals surface area contributed by atoms with Crippen LogP contribution in [0, 0.1) is 0 Å². The maximum Gasteiger partial charge on any atom is 0.255 e. The summed E-state index contributed by atoms with van der Waals surface area (Å²) in [6.45, 7) is 4.28. The van der Waals surface area contributed by atoms with E-state index in [9.17, 15) is 4.79 Å². The van der Waals surface area contributed by atoms with E-state index < -0.39 is 0 Å². The minimum absolute atomic E-state index is 0.214. The van der Waals surface area contributed by atoms with E-state index in [2.05, 4.69) is 15.6 Å². The van der Waals surface area contributed by atoms with Crippen molar-refractivity contribution in [3.05, 3.63) is 52.1 Å². The molecule has 0 saturated carbocycles. The Morgan fingerprint density at radius 2 is 2.00 bits per heavy atom. The summed E-state index contributed by atoms with van der Waals surface area (Å²) in [6.07, 6.45) is 1.50. The fraction of sp³-hybridized carbons (Fsp3) is 0.333. The summed E-state index contributed by atoms with van der Waals surface area (Å²) in [4.78, 5) is 16.5. The van der Waals surface area contributed by atoms with Crippen LogP contribution in [0.1, 0.15) is 17.3 Å². The van der Waals surface area contributed by atoms with Gasteiger partial charge in [-0.3, -0.25) is 4.79 Å². The number of nitrogens with one attached hydrogen (secondary N) is 2. The molecule has 140 valence electrons. The Kier molecular flexibility index (Phi) is 8.47. The second kappa shape index (κ2) is 10.9. The molecule has 1 aromatic heterocycles. The monoisotopic (exact) mass is 397 g/mol. The number of hydrogen-bond acceptors (Lipinski definition) is 5. The van der Waals surface area contributed by atoms with Gasteiger partial charge in [0, 0.05) is 25.9 Å². The normalized spacial score (nSPS) is 10.4. The van der Waals surface area contributed by atoms with Crippen LogP contribution >= 0.6 is 23.2 Å². The van der Waals surface area contributed by atoms with E-state index in [-0.39, 0.29) is 5.91 Å². The molecule has 0 radical (unpaired) electrons. The number of carbonyl (C=O) groups excluding carboxylic acids is 1. The zero-order valence-corrected chi connectivity index (χ0v) is 15.9. The van der Waals surface area contributed by atoms with Gasteiger partial charge in [0.15, 0.2) is 0 Å². The van der Waals surface area contributed by atoms with E-state index in [1.54, 1.807) is 24.3 Å². The molecule has 0 unspecified atom stereocenters. The Bertz CT molecular complexity index is 729. The number of rotatable bonds is 10. The molecule has 1 heterocycles. The van der Waals surface area contributed by atoms with Gasteiger partial charge in [-0.2, -0.15) is 0 Å². The number of benzene rings is 1. The average molecular weight is 398 g/mol. The van der Waals surface area contributed by atoms with Crippen molar-refractivity contribution in [1.82, 2.24) is 10.3 Å². The van der Waals surface area contributed by atoms with Crippen LogP contribution in [0.3, 0.4) is 0 Å². The zero-order valence-electron chi connectivity index (χ0n) is 14.4. The van der Waals surface area contributed by atoms with Crippen LogP contribution in [-0.4, -0.2) is 43.8 Å². The summed E-state index contributed by atoms with van der Waals surface area (Å²) in [5.41, 5.74) is 0.478. The third kappa shape index (κ3) is 6.37. The number of hydrogen-bond donors (Lipinski definition) is 2. The predicted molar refractivity (Wildman–Crippen MR) is 104 cm³/mol. The van der Waals surface area contributed by atoms with Crippen molar-refractivity contribution in [2.75, 3.05) is 38.2 Å². The predicted octanol–water partition coefficient (Wildman–Crippen LogP) is 3.65. The number of halogens is 2. The number of ether oxygens (including phenoxy) is 2. The van der Waals surface area contributed by atoms with Gasteiger partial charge in [-0.15, -0.1) is 0 Å². The highest BCUT2D eigenvalue weighted by atomic mass is 35.5. The van der Waals surface area contributed by atoms with Gasteiger partial charge in [0.05, 0.1) is 22.2 Å². The molecule has 0 saturated heterocycles. The first kappa shape index (κ1) is 20.3. The molecule has 1 aromatic carbocycles. The molecule has 0 aliphatic rings. The molecule has 0 atom stereocenters. The quantitative estimate of drug-likeness (QED) is 0.598. The maximum atomic E-state index is 12.4. The standard InChI is InChI=1S/C18H21Cl2N3O3/c1-2-25-9-10-26-16-6-4-3-5-14(16)18(24)22-8-7-21-17-15(20)11-13(19)12-23-17/h3-6,11-12H,2,7-10H2,1H3,(H,21,23)(H,22,24). The molecule has 1 amide bonds. The molecular weight excluding hydrogens is 377 g/mol. The molecule has 0 fully saturated rings. The van der Waals surface area contributed by atoms with Gasteiger partial charge in [-0.25, -0.2) is 4.98 Å². The van der Waals surface area contributed by atoms with Crippen molar-refractivity contribution >= 4 is 34.9 Å². The summed E-state index contributed by atoms with van der Waals surface area (Å²) in [7, 11) is 0. The highest BCUT2D eigenvalue weighted by Crippen LogP contribution is 2.22. The van der Waals surface area contributed by atoms with E-state index in [1.165, 1.54) is 6.20 Å². The number of para-hydroxylation sites is 1. The lowest BCUT2D eigenvalue weighted by Gasteiger charge is -2.12. The van der Waals surface area contributed by atoms with Gasteiger partial charge in [0.1, 0.15) is 18.2 Å². The second-order valence-electron chi connectivity index (χ2n) is 5.21. The van der Waals surface area contributed by atoms with Gasteiger partial charge >= 0.3 is 0 Å². The summed E-state index contributed by atoms with van der Waals surface area (Å²) >= 11 is 11.8. The second-order valence-corrected chi connectivity index (χ2v) is 6.05. The van der Waals surface area contributed by atoms with Gasteiger partial charge in [0.25, 0.3) is 5.91 Å². The molecule has 2 rings (SSSR count). The third-order valence-electron chi connectivity index (χ3n) is 3.33. The summed E-state index contributed by atoms with van der Waals surface area (Å²) in [5.74, 6) is 0.832. The Balaban J connectivity index is 1.82. The van der Waals surface area contributed by atoms with E-state index in [0.717, 1.165) is 0 Å². The van der Waals surface area contributed by atoms with Crippen molar-refractivity contribution in [1.29, 1.82) is 0 Å². The van der Waals surface area contributed by atoms with Crippen LogP contribution in [0.25, 0.3) is 0 Å². The minimum Gasteiger partial charge on any atom is -0.490 e. The topological polar surface area (TPSA) is 72.5 Å². The fourth-order valence-corrected chi connectivity index (χ4v) is 2.58. The van der Waals surface area contributed by atoms with Crippen molar-refractivity contribution in [2.24, 2.45) is 0 Å². The summed E-state index contributed by atoms with van der Waals surface area (Å²) in [5, 5.41) is 6.77. The Labute approximate surface area is 162 Å². The first-order valence-corrected chi connectivity index (χ1v) is 9.00. The molecule has 0 spiro atoms. The van der Waals surface area contributed by atoms with Crippen LogP contribution in [0.2, 0.25) is 10.0 Å². The average Bonchev–Trinajstić information content (AvgIpc) is 2.64. The van der Waals surface area contributed by atoms with Gasteiger partial charge in [-0.1, -0.05) is 35.3 Å². The van der Waals surface area contributed by atoms with Crippen molar-refractivity contribution in [3.8, 4) is 5.75 Å². The molecule has 0 aliphatic heterocycles. The van der Waals surface area contributed by atoms with Crippen molar-refractivity contribution in [2.45, 2.75) is 6.92 Å². The number of anilines is 1. The summed E-state index contributed by atoms with van der Waals surface area (Å²) in [6, 6.07) is 8.70. The first-order valence-electron chi connectivity index (χ1n) is 8.24. The third-order valence-corrected chi connectivity index (χ3v) is 3.83. The van der Waals surface area contributed by atoms with Crippen LogP contribution in [0.5, 0.6) is 5.75 Å². The Morgan fingerprint density at radius 1 is 1.19 bits per heavy atom. The Morgan fingerprint density at radius 3 is 2.77 bits per heavy atom. The fourth-order valence-electron chi connectivity index (χ4n) is 2.13. The zero-order chi connectivity index (χ0) is 18.8. The van der Waals surface area contributed by atoms with E-state index >= 15 is 0 Å². The van der Waals surface area contributed by atoms with Crippen LogP contribution in [-0.2, 0) is 4.74 Å². The molecular formula is C18H21Cl2N3O3. The maximum absolute atomic E-state index is 12.4. The van der Waals surface area contributed by atoms with Crippen LogP contribution in [0.15, 0.2) is 36.5 Å². The SMILES string of the molecule is CCOCCOc1ccccc1C(=O)NCCNc1ncc(Cl)cc1Cl. The molecule has 0 bridgehead atoms. The van der Waals surface area contributed by atoms with Crippen LogP contribution in [0.4, 0.5) is 5.82 Å². The first-order chi connectivity index (χ1) is 12.6. The molecule has 26 heavy (non-hydrogen) atoms. The van der Waals surface area contributed by atoms with Crippen molar-refractivity contribution < 1.29 is 14.3 Å². The number of carbonyl (C=O) groups is 1. The van der Waals surface area contributed by atoms with Crippen LogP contribution < -0.4 is 15.4 Å². The minimum atomic E-state index is -0.214. The number of amides is 1. The number of aromatic nitrogens is 1. The van der Waals surface area contributed by atoms with E-state index in [0.29, 0.717) is 60.1 Å². The molecule has 6 nitrogen and oxygen atoms in total. The lowest BCUT2D eigenvalue weighted by Crippen LogP contribution is -2.29. The van der Waals surface area contributed by atoms with E-state index in [4.69, 9.17) is 32.7 Å². The number of nitrogens with zero attached hydrogens (tertiary/aromatic N) is 1. The van der Waals surface area contributed by atoms with E-state index in [1.807, 2.05) is 13.0 Å². The molecule has 0 aliphatic carbocycles. The van der Waals surface area contributed by atoms with Gasteiger partial charge in [0.2, 0.25) is 0 Å². The summed E-state index contributed by atoms with van der Waals surface area (Å²) < 4.78 is 10.9. The molecule has 2 aromatic rings. The van der Waals surface area contributed by atoms with Gasteiger partial charge in [-0.05, 0) is 25.1 Å². The van der Waals surface area contributed by atoms with Gasteiger partial charge < -0.3 is 20.1 Å². The number of pyridine rings is 1. The largest absolute Gasteiger partial charge is 0.490 e. The lowest BCUT2D eigenvalue weighted by atomic mass is 10.2. The molecule has 2 N–H and O–H groups in total. The van der Waals surface area contributed by atoms with Crippen molar-refractivity contribution in [3.63, 3.8) is 0 Å². The Hall–Kier alpha value is -2.02. The molecule has 8 heteroatoms. The smallest absolute Gasteiger partial charge is 0.255 e. The highest BCUT2D eigenvalue weighted by molar-refractivity contribution is 6.35. The highest BCUT2D eigenvalue weighted by Gasteiger charge is 2.11. The lowest BCUT2D eigenvalue weighted by molar-refractivity contribution is 0.0938.